The van der Waals surface area contributed by atoms with E-state index in [0.29, 0.717) is 26.2 Å². The van der Waals surface area contributed by atoms with Gasteiger partial charge in [-0.25, -0.2) is 4.79 Å². The zero-order valence-corrected chi connectivity index (χ0v) is 22.0. The maximum absolute atomic E-state index is 13.5. The number of hydrogen-bond acceptors (Lipinski definition) is 4. The van der Waals surface area contributed by atoms with Crippen LogP contribution in [0.3, 0.4) is 0 Å². The highest BCUT2D eigenvalue weighted by Gasteiger charge is 2.47. The second kappa shape index (κ2) is 10.1. The van der Waals surface area contributed by atoms with Crippen LogP contribution in [0.25, 0.3) is 0 Å². The predicted octanol–water partition coefficient (Wildman–Crippen LogP) is 8.34. The van der Waals surface area contributed by atoms with Gasteiger partial charge in [-0.15, -0.1) is 0 Å². The Labute approximate surface area is 211 Å². The quantitative estimate of drug-likeness (QED) is 0.328. The van der Waals surface area contributed by atoms with Crippen molar-refractivity contribution in [1.82, 2.24) is 0 Å². The van der Waals surface area contributed by atoms with E-state index in [-0.39, 0.29) is 0 Å². The molecule has 0 N–H and O–H groups in total. The molecule has 3 rings (SSSR count). The fraction of sp³-hybridized carbons (Fsp3) is 0.321. The highest BCUT2D eigenvalue weighted by Crippen LogP contribution is 2.69. The maximum Gasteiger partial charge on any atom is 0.491 e. The lowest BCUT2D eigenvalue weighted by molar-refractivity contribution is -0.188. The smallest absolute Gasteiger partial charge is 0.488 e. The van der Waals surface area contributed by atoms with Gasteiger partial charge in [-0.2, -0.15) is 13.2 Å². The monoisotopic (exact) mass is 520 g/mol. The molecule has 3 aromatic rings. The number of benzene rings is 3. The zero-order chi connectivity index (χ0) is 26.8. The van der Waals surface area contributed by atoms with E-state index in [1.807, 2.05) is 41.5 Å². The van der Waals surface area contributed by atoms with Crippen molar-refractivity contribution in [1.29, 1.82) is 0 Å². The van der Waals surface area contributed by atoms with Gasteiger partial charge >= 0.3 is 12.1 Å². The number of carbonyl (C=O) groups excluding carboxylic acids is 1. The number of halogens is 3. The summed E-state index contributed by atoms with van der Waals surface area (Å²) < 4.78 is 57.8. The number of hydrogen-bond donors (Lipinski definition) is 0. The van der Waals surface area contributed by atoms with Crippen LogP contribution in [0.4, 0.5) is 13.2 Å². The molecule has 4 nitrogen and oxygen atoms in total. The van der Waals surface area contributed by atoms with Crippen LogP contribution in [0.1, 0.15) is 41.5 Å². The van der Waals surface area contributed by atoms with E-state index in [1.165, 1.54) is 0 Å². The number of rotatable bonds is 6. The highest BCUT2D eigenvalue weighted by atomic mass is 32.3. The molecule has 0 aromatic heterocycles. The molecule has 0 aliphatic carbocycles. The van der Waals surface area contributed by atoms with Gasteiger partial charge in [0.25, 0.3) is 0 Å². The predicted molar refractivity (Wildman–Crippen MR) is 135 cm³/mol. The third-order valence-electron chi connectivity index (χ3n) is 4.67. The number of ether oxygens (including phenoxy) is 2. The molecule has 0 aliphatic heterocycles. The summed E-state index contributed by atoms with van der Waals surface area (Å²) >= 11 is 0. The van der Waals surface area contributed by atoms with Gasteiger partial charge in [0.15, 0.2) is 0 Å². The normalized spacial score (nSPS) is 13.1. The first-order chi connectivity index (χ1) is 16.6. The first-order valence-corrected chi connectivity index (χ1v) is 12.9. The van der Waals surface area contributed by atoms with E-state index in [9.17, 15) is 18.0 Å². The van der Waals surface area contributed by atoms with E-state index >= 15 is 0 Å². The molecule has 0 radical (unpaired) electrons. The molecular formula is C28H31F3O4S. The minimum absolute atomic E-state index is 0.414. The molecule has 0 atom stereocenters. The summed E-state index contributed by atoms with van der Waals surface area (Å²) in [6.45, 7) is 11.4. The van der Waals surface area contributed by atoms with Gasteiger partial charge in [-0.05, 0) is 113 Å². The Morgan fingerprint density at radius 2 is 0.972 bits per heavy atom. The minimum Gasteiger partial charge on any atom is -0.488 e. The van der Waals surface area contributed by atoms with Crippen molar-refractivity contribution in [3.8, 4) is 11.5 Å². The van der Waals surface area contributed by atoms with Gasteiger partial charge in [-0.1, -0.05) is 18.2 Å². The third kappa shape index (κ3) is 6.75. The molecule has 0 bridgehead atoms. The van der Waals surface area contributed by atoms with Crippen LogP contribution in [0.5, 0.6) is 11.5 Å². The van der Waals surface area contributed by atoms with Gasteiger partial charge in [0.05, 0.1) is 0 Å². The Morgan fingerprint density at radius 3 is 1.31 bits per heavy atom. The van der Waals surface area contributed by atoms with Gasteiger partial charge in [0.1, 0.15) is 22.7 Å². The molecule has 36 heavy (non-hydrogen) atoms. The lowest BCUT2D eigenvalue weighted by Crippen LogP contribution is -2.27. The topological polar surface area (TPSA) is 44.8 Å². The Hall–Kier alpha value is -3.13. The molecule has 0 saturated heterocycles. The summed E-state index contributed by atoms with van der Waals surface area (Å²) in [5, 5.41) is 0. The lowest BCUT2D eigenvalue weighted by atomic mass is 10.2. The van der Waals surface area contributed by atoms with Crippen molar-refractivity contribution in [2.24, 2.45) is 0 Å². The summed E-state index contributed by atoms with van der Waals surface area (Å²) in [4.78, 5) is 13.6. The van der Waals surface area contributed by atoms with Crippen molar-refractivity contribution in [3.05, 3.63) is 78.9 Å². The van der Waals surface area contributed by atoms with Crippen LogP contribution in [-0.4, -0.2) is 23.3 Å². The van der Waals surface area contributed by atoms with Crippen molar-refractivity contribution in [2.75, 3.05) is 0 Å². The molecule has 0 spiro atoms. The Bertz CT molecular complexity index is 1100. The van der Waals surface area contributed by atoms with Crippen LogP contribution in [0, 0.1) is 0 Å². The first kappa shape index (κ1) is 27.5. The molecule has 8 heteroatoms. The van der Waals surface area contributed by atoms with Gasteiger partial charge < -0.3 is 13.7 Å². The fourth-order valence-electron chi connectivity index (χ4n) is 3.43. The third-order valence-corrected chi connectivity index (χ3v) is 7.88. The summed E-state index contributed by atoms with van der Waals surface area (Å²) in [7, 11) is -3.12. The average molecular weight is 521 g/mol. The molecule has 0 amide bonds. The minimum atomic E-state index is -5.17. The van der Waals surface area contributed by atoms with Crippen molar-refractivity contribution < 1.29 is 31.6 Å². The molecule has 0 heterocycles. The fourth-order valence-corrected chi connectivity index (χ4v) is 6.44. The second-order valence-corrected chi connectivity index (χ2v) is 12.8. The number of carbonyl (C=O) groups is 1. The van der Waals surface area contributed by atoms with Gasteiger partial charge in [-0.3, -0.25) is 0 Å². The van der Waals surface area contributed by atoms with Crippen molar-refractivity contribution in [2.45, 2.75) is 73.6 Å². The van der Waals surface area contributed by atoms with Crippen molar-refractivity contribution in [3.63, 3.8) is 0 Å². The second-order valence-electron chi connectivity index (χ2n) is 10.1. The molecule has 0 aliphatic rings. The van der Waals surface area contributed by atoms with E-state index in [2.05, 4.69) is 0 Å². The summed E-state index contributed by atoms with van der Waals surface area (Å²) in [6.07, 6.45) is -5.17. The Kier molecular flexibility index (Phi) is 7.69. The van der Waals surface area contributed by atoms with E-state index < -0.39 is 33.7 Å². The first-order valence-electron chi connectivity index (χ1n) is 11.4. The average Bonchev–Trinajstić information content (AvgIpc) is 2.76. The SMILES string of the molecule is CC(C)(C)Oc1ccc(S(OC(=O)C(F)(F)F)(c2ccccc2)c2ccc(OC(C)(C)C)cc2)cc1. The summed E-state index contributed by atoms with van der Waals surface area (Å²) in [6, 6.07) is 21.7. The van der Waals surface area contributed by atoms with Crippen LogP contribution in [-0.2, 0) is 8.98 Å². The molecule has 0 saturated carbocycles. The Morgan fingerprint density at radius 1 is 0.611 bits per heavy atom. The molecular weight excluding hydrogens is 489 g/mol. The van der Waals surface area contributed by atoms with E-state index in [4.69, 9.17) is 13.7 Å². The van der Waals surface area contributed by atoms with Gasteiger partial charge in [0, 0.05) is 14.7 Å². The van der Waals surface area contributed by atoms with Crippen LogP contribution in [0.2, 0.25) is 0 Å². The summed E-state index contributed by atoms with van der Waals surface area (Å²) in [5.41, 5.74) is -0.924. The van der Waals surface area contributed by atoms with Crippen molar-refractivity contribution >= 4 is 16.3 Å². The van der Waals surface area contributed by atoms with Crippen LogP contribution >= 0.6 is 10.3 Å². The van der Waals surface area contributed by atoms with Crippen LogP contribution < -0.4 is 9.47 Å². The van der Waals surface area contributed by atoms with E-state index in [0.717, 1.165) is 0 Å². The zero-order valence-electron chi connectivity index (χ0n) is 21.2. The standard InChI is InChI=1S/C28H31F3O4S/c1-26(2,3)33-20-12-16-23(17-13-20)36(22-10-8-7-9-11-22,35-25(32)28(29,30)31)24-18-14-21(15-19-24)34-27(4,5)6/h7-19H,1-6H3. The van der Waals surface area contributed by atoms with Crippen LogP contribution in [0.15, 0.2) is 93.5 Å². The highest BCUT2D eigenvalue weighted by molar-refractivity contribution is 8.30. The van der Waals surface area contributed by atoms with Gasteiger partial charge in [0.2, 0.25) is 0 Å². The Balaban J connectivity index is 2.23. The lowest BCUT2D eigenvalue weighted by Gasteiger charge is -2.40. The molecule has 3 aromatic carbocycles. The summed E-state index contributed by atoms with van der Waals surface area (Å²) in [5.74, 6) is -1.17. The molecule has 194 valence electrons. The maximum atomic E-state index is 13.5. The van der Waals surface area contributed by atoms with E-state index in [1.54, 1.807) is 78.9 Å². The molecule has 0 fully saturated rings. The number of alkyl halides is 3. The largest absolute Gasteiger partial charge is 0.491 e. The molecule has 0 unspecified atom stereocenters.